The Kier molecular flexibility index (Phi) is 15.4. The number of alkyl halides is 1. The van der Waals surface area contributed by atoms with E-state index in [2.05, 4.69) is 8.75 Å². The lowest BCUT2D eigenvalue weighted by Gasteiger charge is -2.37. The van der Waals surface area contributed by atoms with Crippen molar-refractivity contribution in [2.75, 3.05) is 63.4 Å². The predicted octanol–water partition coefficient (Wildman–Crippen LogP) is 0.501. The lowest BCUT2D eigenvalue weighted by atomic mass is 10.1. The van der Waals surface area contributed by atoms with Crippen molar-refractivity contribution in [2.24, 2.45) is 0 Å². The molecule has 0 bridgehead atoms. The van der Waals surface area contributed by atoms with Crippen LogP contribution in [-0.2, 0) is 57.2 Å². The Hall–Kier alpha value is -3.77. The first kappa shape index (κ1) is 38.4. The number of morpholine rings is 1. The van der Waals surface area contributed by atoms with Gasteiger partial charge in [0.1, 0.15) is 12.5 Å². The highest BCUT2D eigenvalue weighted by Gasteiger charge is 2.33. The number of hydrogen-bond acceptors (Lipinski definition) is 17. The van der Waals surface area contributed by atoms with Gasteiger partial charge in [0.25, 0.3) is 11.8 Å². The zero-order valence-corrected chi connectivity index (χ0v) is 28.1. The van der Waals surface area contributed by atoms with Crippen molar-refractivity contribution in [2.45, 2.75) is 65.4 Å². The maximum absolute atomic E-state index is 13.0. The van der Waals surface area contributed by atoms with E-state index < -0.39 is 78.7 Å². The molecule has 1 aliphatic heterocycles. The highest BCUT2D eigenvalue weighted by atomic mass is 35.5. The Balaban J connectivity index is 2.10. The smallest absolute Gasteiger partial charge is 0.347 e. The fourth-order valence-corrected chi connectivity index (χ4v) is 4.37. The molecule has 1 fully saturated rings. The maximum atomic E-state index is 13.0. The fourth-order valence-electron chi connectivity index (χ4n) is 3.79. The second kappa shape index (κ2) is 18.4. The average Bonchev–Trinajstić information content (AvgIpc) is 3.48. The van der Waals surface area contributed by atoms with Crippen LogP contribution in [0.1, 0.15) is 41.5 Å². The normalized spacial score (nSPS) is 15.1. The van der Waals surface area contributed by atoms with E-state index >= 15 is 0 Å². The topological polar surface area (TPSA) is 199 Å². The molecule has 0 unspecified atom stereocenters. The molecule has 0 radical (unpaired) electrons. The van der Waals surface area contributed by atoms with Gasteiger partial charge in [0.15, 0.2) is 31.5 Å². The van der Waals surface area contributed by atoms with E-state index in [0.717, 1.165) is 11.7 Å². The molecule has 0 N–H and O–H groups in total. The summed E-state index contributed by atoms with van der Waals surface area (Å²) >= 11 is 6.27. The van der Waals surface area contributed by atoms with Gasteiger partial charge in [-0.15, -0.1) is 16.0 Å². The number of carbonyl (C=O) groups is 6. The molecule has 2 heterocycles. The quantitative estimate of drug-likeness (QED) is 0.131. The Morgan fingerprint density at radius 1 is 0.935 bits per heavy atom. The van der Waals surface area contributed by atoms with Crippen molar-refractivity contribution in [1.29, 1.82) is 0 Å². The number of hydrogen-bond donors (Lipinski definition) is 0. The van der Waals surface area contributed by atoms with Crippen molar-refractivity contribution >= 4 is 64.9 Å². The number of carbonyl (C=O) groups excluding carboxylic acids is 6. The molecule has 0 saturated carbocycles. The van der Waals surface area contributed by atoms with E-state index in [9.17, 15) is 28.8 Å². The molecule has 1 amide bonds. The molecule has 19 heteroatoms. The van der Waals surface area contributed by atoms with Gasteiger partial charge in [-0.3, -0.25) is 14.4 Å². The maximum Gasteiger partial charge on any atom is 0.347 e. The van der Waals surface area contributed by atoms with Crippen molar-refractivity contribution in [1.82, 2.24) is 13.6 Å². The zero-order valence-electron chi connectivity index (χ0n) is 26.5. The Morgan fingerprint density at radius 2 is 1.59 bits per heavy atom. The first-order chi connectivity index (χ1) is 21.6. The van der Waals surface area contributed by atoms with E-state index in [1.165, 1.54) is 25.7 Å². The fraction of sp³-hybridized carbons (Fsp3) is 0.704. The average molecular weight is 695 g/mol. The summed E-state index contributed by atoms with van der Waals surface area (Å²) in [6.07, 6.45) is -3.90. The largest absolute Gasteiger partial charge is 0.470 e. The first-order valence-corrected chi connectivity index (χ1v) is 15.4. The van der Waals surface area contributed by atoms with E-state index in [4.69, 9.17) is 44.8 Å². The summed E-state index contributed by atoms with van der Waals surface area (Å²) in [6, 6.07) is 0. The number of amides is 1. The second-order valence-corrected chi connectivity index (χ2v) is 11.6. The summed E-state index contributed by atoms with van der Waals surface area (Å²) in [5.41, 5.74) is -0.802. The minimum atomic E-state index is -1.46. The van der Waals surface area contributed by atoms with Crippen LogP contribution in [0.2, 0.25) is 0 Å². The van der Waals surface area contributed by atoms with Gasteiger partial charge in [-0.2, -0.15) is 4.37 Å². The van der Waals surface area contributed by atoms with Gasteiger partial charge >= 0.3 is 29.8 Å². The van der Waals surface area contributed by atoms with Crippen molar-refractivity contribution in [3.05, 3.63) is 0 Å². The number of rotatable bonds is 16. The molecule has 2 rings (SSSR count). The molecule has 1 aromatic rings. The molecule has 46 heavy (non-hydrogen) atoms. The molecule has 17 nitrogen and oxygen atoms in total. The third kappa shape index (κ3) is 12.9. The summed E-state index contributed by atoms with van der Waals surface area (Å²) in [7, 11) is 0. The zero-order chi connectivity index (χ0) is 34.4. The monoisotopic (exact) mass is 694 g/mol. The number of nitrogens with zero attached hydrogens (tertiary/aromatic N) is 4. The van der Waals surface area contributed by atoms with Crippen LogP contribution in [0, 0.1) is 0 Å². The highest BCUT2D eigenvalue weighted by Crippen LogP contribution is 2.27. The first-order valence-electron chi connectivity index (χ1n) is 14.2. The Bertz CT molecular complexity index is 1220. The van der Waals surface area contributed by atoms with Crippen LogP contribution in [0.15, 0.2) is 0 Å². The molecule has 0 aromatic carbocycles. The van der Waals surface area contributed by atoms with Gasteiger partial charge in [-0.1, -0.05) is 0 Å². The third-order valence-electron chi connectivity index (χ3n) is 6.06. The Labute approximate surface area is 274 Å². The van der Waals surface area contributed by atoms with Gasteiger partial charge in [-0.05, 0) is 34.6 Å². The minimum Gasteiger partial charge on any atom is -0.470 e. The van der Waals surface area contributed by atoms with Crippen LogP contribution in [0.5, 0.6) is 5.88 Å². The van der Waals surface area contributed by atoms with Crippen LogP contribution in [-0.4, -0.2) is 132 Å². The molecular formula is C27H39ClN4O13S. The van der Waals surface area contributed by atoms with Crippen LogP contribution in [0.25, 0.3) is 0 Å². The molecule has 1 saturated heterocycles. The van der Waals surface area contributed by atoms with Crippen molar-refractivity contribution < 1.29 is 61.9 Å². The number of esters is 5. The number of ether oxygens (including phenoxy) is 7. The van der Waals surface area contributed by atoms with Crippen molar-refractivity contribution in [3.63, 3.8) is 0 Å². The van der Waals surface area contributed by atoms with E-state index in [1.54, 1.807) is 20.8 Å². The van der Waals surface area contributed by atoms with Gasteiger partial charge in [-0.25, -0.2) is 14.4 Å². The molecular weight excluding hydrogens is 656 g/mol. The molecule has 0 aliphatic carbocycles. The second-order valence-electron chi connectivity index (χ2n) is 10.8. The third-order valence-corrected chi connectivity index (χ3v) is 6.78. The van der Waals surface area contributed by atoms with Gasteiger partial charge < -0.3 is 43.0 Å². The van der Waals surface area contributed by atoms with E-state index in [0.29, 0.717) is 32.1 Å². The van der Waals surface area contributed by atoms with E-state index in [-0.39, 0.29) is 19.0 Å². The molecule has 258 valence electrons. The van der Waals surface area contributed by atoms with Gasteiger partial charge in [0.2, 0.25) is 5.82 Å². The van der Waals surface area contributed by atoms with Crippen LogP contribution >= 0.6 is 23.3 Å². The van der Waals surface area contributed by atoms with Gasteiger partial charge in [0.05, 0.1) is 31.5 Å². The van der Waals surface area contributed by atoms with Crippen molar-refractivity contribution in [3.8, 4) is 5.88 Å². The standard InChI is InChI=1S/C27H39ClN4O13S/c1-16(44-26(38)17(2)43-21(35)11-28)25(37)42-15-22(36)45-19(12-32(27(4,5)6)20(34)14-40-18(3)33)13-41-24-23(29-46-30-24)31-7-9-39-10-8-31/h16-17,19H,7-15H2,1-6H3/t16-,17-,19+/m1/s1. The SMILES string of the molecule is CC(=O)OCC(=O)N(C[C@@H](COc1nsnc1N1CCOCC1)OC(=O)COC(=O)[C@@H](C)OC(=O)[C@@H](C)OC(=O)CCl)C(C)(C)C. The van der Waals surface area contributed by atoms with Gasteiger partial charge in [0, 0.05) is 25.6 Å². The summed E-state index contributed by atoms with van der Waals surface area (Å²) in [5, 5.41) is 0. The number of anilines is 1. The summed E-state index contributed by atoms with van der Waals surface area (Å²) in [6.45, 7) is 9.06. The van der Waals surface area contributed by atoms with E-state index in [1.807, 2.05) is 4.90 Å². The van der Waals surface area contributed by atoms with Crippen LogP contribution in [0.4, 0.5) is 5.82 Å². The number of aromatic nitrogens is 2. The molecule has 1 aromatic heterocycles. The van der Waals surface area contributed by atoms with Crippen LogP contribution < -0.4 is 9.64 Å². The Morgan fingerprint density at radius 3 is 2.20 bits per heavy atom. The predicted molar refractivity (Wildman–Crippen MR) is 159 cm³/mol. The molecule has 1 aliphatic rings. The lowest BCUT2D eigenvalue weighted by Crippen LogP contribution is -2.52. The summed E-state index contributed by atoms with van der Waals surface area (Å²) in [4.78, 5) is 76.1. The summed E-state index contributed by atoms with van der Waals surface area (Å²) in [5.74, 6) is -4.97. The summed E-state index contributed by atoms with van der Waals surface area (Å²) < 4.78 is 44.8. The lowest BCUT2D eigenvalue weighted by molar-refractivity contribution is -0.179. The molecule has 3 atom stereocenters. The highest BCUT2D eigenvalue weighted by molar-refractivity contribution is 6.99. The minimum absolute atomic E-state index is 0.189. The van der Waals surface area contributed by atoms with Crippen LogP contribution in [0.3, 0.4) is 0 Å². The number of halogens is 1. The molecule has 0 spiro atoms.